The zero-order chi connectivity index (χ0) is 30.7. The van der Waals surface area contributed by atoms with Crippen LogP contribution in [0.15, 0.2) is 41.0 Å². The van der Waals surface area contributed by atoms with Crippen LogP contribution in [0.25, 0.3) is 0 Å². The van der Waals surface area contributed by atoms with Gasteiger partial charge in [0.2, 0.25) is 5.88 Å². The number of halogens is 4. The molecule has 226 valence electrons. The molecule has 0 aliphatic carbocycles. The highest BCUT2D eigenvalue weighted by Crippen LogP contribution is 2.50. The standard InChI is InChI=1S/C29H36BrF3N2O6/c1-8-39-26(36)23-21(28(4,5)6)24(40-15-18-12-19(29(31,32)33)14-34-25(18)38-7)22(17-10-9-11-20(30)13-17)35(23)27(37)41-16(2)3/h9-14,16,21-24H,8,15H2,1-7H3/t21-,22+,23+,24+/m1/s1. The minimum Gasteiger partial charge on any atom is -0.481 e. The molecule has 0 unspecified atom stereocenters. The number of nitrogens with zero attached hydrogens (tertiary/aromatic N) is 2. The number of hydrogen-bond donors (Lipinski definition) is 0. The molecule has 2 heterocycles. The van der Waals surface area contributed by atoms with E-state index in [1.165, 1.54) is 12.0 Å². The van der Waals surface area contributed by atoms with Crippen molar-refractivity contribution < 1.29 is 41.7 Å². The van der Waals surface area contributed by atoms with Gasteiger partial charge in [-0.3, -0.25) is 4.90 Å². The molecule has 1 aliphatic heterocycles. The highest BCUT2D eigenvalue weighted by Gasteiger charge is 2.60. The van der Waals surface area contributed by atoms with E-state index in [1.54, 1.807) is 39.0 Å². The second kappa shape index (κ2) is 13.0. The Kier molecular flexibility index (Phi) is 10.3. The Morgan fingerprint density at radius 2 is 1.83 bits per heavy atom. The first kappa shape index (κ1) is 32.7. The first-order chi connectivity index (χ1) is 19.1. The second-order valence-electron chi connectivity index (χ2n) is 11.1. The van der Waals surface area contributed by atoms with Gasteiger partial charge in [0.15, 0.2) is 0 Å². The summed E-state index contributed by atoms with van der Waals surface area (Å²) in [5.74, 6) is -1.30. The maximum atomic E-state index is 13.7. The Hall–Kier alpha value is -2.86. The molecule has 1 saturated heterocycles. The molecule has 12 heteroatoms. The van der Waals surface area contributed by atoms with Gasteiger partial charge >= 0.3 is 18.2 Å². The fraction of sp³-hybridized carbons (Fsp3) is 0.552. The Morgan fingerprint density at radius 1 is 1.15 bits per heavy atom. The molecule has 0 spiro atoms. The number of hydrogen-bond acceptors (Lipinski definition) is 7. The molecule has 8 nitrogen and oxygen atoms in total. The Bertz CT molecular complexity index is 1230. The molecule has 1 aromatic heterocycles. The summed E-state index contributed by atoms with van der Waals surface area (Å²) in [6.45, 7) is 10.5. The van der Waals surface area contributed by atoms with Crippen LogP contribution < -0.4 is 4.74 Å². The smallest absolute Gasteiger partial charge is 0.417 e. The van der Waals surface area contributed by atoms with Crippen LogP contribution >= 0.6 is 15.9 Å². The number of ether oxygens (including phenoxy) is 4. The topological polar surface area (TPSA) is 87.2 Å². The third-order valence-corrected chi connectivity index (χ3v) is 7.24. The molecular weight excluding hydrogens is 609 g/mol. The second-order valence-corrected chi connectivity index (χ2v) is 12.0. The number of likely N-dealkylation sites (tertiary alicyclic amines) is 1. The van der Waals surface area contributed by atoms with Crippen molar-refractivity contribution >= 4 is 28.0 Å². The average molecular weight is 646 g/mol. The lowest BCUT2D eigenvalue weighted by atomic mass is 9.73. The number of amides is 1. The maximum absolute atomic E-state index is 13.7. The van der Waals surface area contributed by atoms with E-state index in [9.17, 15) is 22.8 Å². The van der Waals surface area contributed by atoms with Crippen molar-refractivity contribution in [2.45, 2.75) is 78.6 Å². The maximum Gasteiger partial charge on any atom is 0.417 e. The third-order valence-electron chi connectivity index (χ3n) is 6.75. The zero-order valence-corrected chi connectivity index (χ0v) is 25.7. The number of alkyl halides is 3. The molecule has 0 radical (unpaired) electrons. The van der Waals surface area contributed by atoms with Crippen molar-refractivity contribution in [2.75, 3.05) is 13.7 Å². The van der Waals surface area contributed by atoms with Gasteiger partial charge in [-0.2, -0.15) is 13.2 Å². The number of rotatable bonds is 8. The largest absolute Gasteiger partial charge is 0.481 e. The van der Waals surface area contributed by atoms with Crippen LogP contribution in [0.4, 0.5) is 18.0 Å². The van der Waals surface area contributed by atoms with Crippen LogP contribution in [0.3, 0.4) is 0 Å². The molecule has 3 rings (SSSR count). The SMILES string of the molecule is CCOC(=O)[C@@H]1[C@@H](C(C)(C)C)[C@H](OCc2cc(C(F)(F)F)cnc2OC)[C@H](c2cccc(Br)c2)N1C(=O)OC(C)C. The summed E-state index contributed by atoms with van der Waals surface area (Å²) in [7, 11) is 1.30. The van der Waals surface area contributed by atoms with Crippen molar-refractivity contribution in [3.63, 3.8) is 0 Å². The fourth-order valence-electron chi connectivity index (χ4n) is 5.19. The van der Waals surface area contributed by atoms with E-state index in [1.807, 2.05) is 26.8 Å². The summed E-state index contributed by atoms with van der Waals surface area (Å²) in [5.41, 5.74) is -0.875. The predicted molar refractivity (Wildman–Crippen MR) is 148 cm³/mol. The van der Waals surface area contributed by atoms with E-state index in [0.717, 1.165) is 10.5 Å². The summed E-state index contributed by atoms with van der Waals surface area (Å²) in [4.78, 5) is 32.4. The lowest BCUT2D eigenvalue weighted by molar-refractivity contribution is -0.152. The van der Waals surface area contributed by atoms with Gasteiger partial charge < -0.3 is 18.9 Å². The van der Waals surface area contributed by atoms with Gasteiger partial charge in [-0.15, -0.1) is 0 Å². The van der Waals surface area contributed by atoms with Crippen molar-refractivity contribution in [3.05, 3.63) is 57.7 Å². The fourth-order valence-corrected chi connectivity index (χ4v) is 5.60. The molecule has 1 fully saturated rings. The molecule has 2 aromatic rings. The molecular formula is C29H36BrF3N2O6. The van der Waals surface area contributed by atoms with Crippen LogP contribution in [0.2, 0.25) is 0 Å². The van der Waals surface area contributed by atoms with Gasteiger partial charge in [-0.25, -0.2) is 14.6 Å². The molecule has 4 atom stereocenters. The number of pyridine rings is 1. The first-order valence-electron chi connectivity index (χ1n) is 13.2. The molecule has 0 bridgehead atoms. The number of esters is 1. The minimum atomic E-state index is -4.62. The van der Waals surface area contributed by atoms with E-state index in [4.69, 9.17) is 18.9 Å². The quantitative estimate of drug-likeness (QED) is 0.287. The Morgan fingerprint density at radius 3 is 2.37 bits per heavy atom. The molecule has 0 saturated carbocycles. The van der Waals surface area contributed by atoms with Crippen LogP contribution in [0.1, 0.15) is 64.3 Å². The highest BCUT2D eigenvalue weighted by atomic mass is 79.9. The summed E-state index contributed by atoms with van der Waals surface area (Å²) in [6.07, 6.45) is -6.01. The number of benzene rings is 1. The number of carbonyl (C=O) groups is 2. The monoisotopic (exact) mass is 644 g/mol. The van der Waals surface area contributed by atoms with E-state index in [2.05, 4.69) is 20.9 Å². The lowest BCUT2D eigenvalue weighted by Crippen LogP contribution is -2.48. The van der Waals surface area contributed by atoms with Crippen LogP contribution in [0.5, 0.6) is 5.88 Å². The molecule has 41 heavy (non-hydrogen) atoms. The van der Waals surface area contributed by atoms with Gasteiger partial charge in [-0.05, 0) is 49.9 Å². The Labute approximate surface area is 246 Å². The molecule has 1 amide bonds. The van der Waals surface area contributed by atoms with Gasteiger partial charge in [-0.1, -0.05) is 48.8 Å². The summed E-state index contributed by atoms with van der Waals surface area (Å²) < 4.78 is 63.9. The van der Waals surface area contributed by atoms with Crippen molar-refractivity contribution in [1.82, 2.24) is 9.88 Å². The average Bonchev–Trinajstić information content (AvgIpc) is 3.22. The normalized spacial score (nSPS) is 21.2. The number of aromatic nitrogens is 1. The van der Waals surface area contributed by atoms with Crippen molar-refractivity contribution in [2.24, 2.45) is 11.3 Å². The molecule has 1 aromatic carbocycles. The van der Waals surface area contributed by atoms with Gasteiger partial charge in [0, 0.05) is 22.2 Å². The molecule has 0 N–H and O–H groups in total. The summed E-state index contributed by atoms with van der Waals surface area (Å²) >= 11 is 3.47. The van der Waals surface area contributed by atoms with Crippen molar-refractivity contribution in [3.8, 4) is 5.88 Å². The summed E-state index contributed by atoms with van der Waals surface area (Å²) in [5, 5.41) is 0. The minimum absolute atomic E-state index is 0.0275. The van der Waals surface area contributed by atoms with Crippen LogP contribution in [-0.4, -0.2) is 53.9 Å². The number of methoxy groups -OCH3 is 1. The summed E-state index contributed by atoms with van der Waals surface area (Å²) in [6, 6.07) is 6.17. The highest BCUT2D eigenvalue weighted by molar-refractivity contribution is 9.10. The predicted octanol–water partition coefficient (Wildman–Crippen LogP) is 6.95. The first-order valence-corrected chi connectivity index (χ1v) is 14.0. The molecule has 1 aliphatic rings. The van der Waals surface area contributed by atoms with E-state index in [0.29, 0.717) is 11.8 Å². The van der Waals surface area contributed by atoms with Gasteiger partial charge in [0.25, 0.3) is 0 Å². The third kappa shape index (κ3) is 7.51. The van der Waals surface area contributed by atoms with E-state index < -0.39 is 59.4 Å². The number of carbonyl (C=O) groups excluding carboxylic acids is 2. The lowest BCUT2D eigenvalue weighted by Gasteiger charge is -2.35. The van der Waals surface area contributed by atoms with Crippen LogP contribution in [0, 0.1) is 11.3 Å². The zero-order valence-electron chi connectivity index (χ0n) is 24.1. The van der Waals surface area contributed by atoms with Gasteiger partial charge in [0.05, 0.1) is 44.1 Å². The van der Waals surface area contributed by atoms with E-state index >= 15 is 0 Å². The van der Waals surface area contributed by atoms with E-state index in [-0.39, 0.29) is 24.7 Å². The van der Waals surface area contributed by atoms with Crippen molar-refractivity contribution in [1.29, 1.82) is 0 Å². The Balaban J connectivity index is 2.20. The van der Waals surface area contributed by atoms with Gasteiger partial charge in [0.1, 0.15) is 6.04 Å². The van der Waals surface area contributed by atoms with Crippen LogP contribution in [-0.2, 0) is 31.8 Å².